The van der Waals surface area contributed by atoms with Crippen molar-refractivity contribution in [2.45, 2.75) is 39.0 Å². The lowest BCUT2D eigenvalue weighted by Crippen LogP contribution is -2.28. The monoisotopic (exact) mass is 185 g/mol. The van der Waals surface area contributed by atoms with E-state index in [1.54, 1.807) is 7.05 Å². The lowest BCUT2D eigenvalue weighted by molar-refractivity contribution is -0.125. The molecule has 13 heavy (non-hydrogen) atoms. The highest BCUT2D eigenvalue weighted by Gasteiger charge is 2.19. The highest BCUT2D eigenvalue weighted by atomic mass is 16.1. The molecule has 0 aromatic rings. The molecule has 3 nitrogen and oxygen atoms in total. The normalized spacial score (nSPS) is 16.8. The van der Waals surface area contributed by atoms with Gasteiger partial charge in [0, 0.05) is 13.0 Å². The van der Waals surface area contributed by atoms with Gasteiger partial charge in [0.15, 0.2) is 0 Å². The molecule has 1 N–H and O–H groups in total. The molecule has 3 heteroatoms. The largest absolute Gasteiger partial charge is 0.359 e. The van der Waals surface area contributed by atoms with Crippen molar-refractivity contribution in [1.29, 1.82) is 0 Å². The number of amides is 1. The quantitative estimate of drug-likeness (QED) is 0.629. The van der Waals surface area contributed by atoms with E-state index >= 15 is 0 Å². The molecule has 0 aromatic heterocycles. The lowest BCUT2D eigenvalue weighted by atomic mass is 9.89. The summed E-state index contributed by atoms with van der Waals surface area (Å²) in [6.45, 7) is 1.44. The van der Waals surface area contributed by atoms with Gasteiger partial charge < -0.3 is 10.1 Å². The van der Waals surface area contributed by atoms with Gasteiger partial charge in [0.05, 0.1) is 0 Å². The SMILES string of the molecule is CC=O.CNC(=O)C1CCCCC1. The molecular formula is C10H19NO2. The summed E-state index contributed by atoms with van der Waals surface area (Å²) < 4.78 is 0. The summed E-state index contributed by atoms with van der Waals surface area (Å²) in [7, 11) is 1.72. The van der Waals surface area contributed by atoms with Crippen molar-refractivity contribution in [2.24, 2.45) is 5.92 Å². The van der Waals surface area contributed by atoms with Crippen LogP contribution >= 0.6 is 0 Å². The molecule has 1 aliphatic carbocycles. The van der Waals surface area contributed by atoms with E-state index in [0.717, 1.165) is 19.1 Å². The van der Waals surface area contributed by atoms with E-state index in [2.05, 4.69) is 5.32 Å². The summed E-state index contributed by atoms with van der Waals surface area (Å²) in [5.41, 5.74) is 0. The summed E-state index contributed by atoms with van der Waals surface area (Å²) in [6.07, 6.45) is 6.73. The first-order valence-electron chi connectivity index (χ1n) is 4.87. The fourth-order valence-electron chi connectivity index (χ4n) is 1.57. The minimum atomic E-state index is 0.236. The van der Waals surface area contributed by atoms with E-state index < -0.39 is 0 Å². The molecule has 0 spiro atoms. The molecule has 76 valence electrons. The standard InChI is InChI=1S/C8H15NO.C2H4O/c1-9-8(10)7-5-3-2-4-6-7;1-2-3/h7H,2-6H2,1H3,(H,9,10);2H,1H3. The fourth-order valence-corrected chi connectivity index (χ4v) is 1.57. The van der Waals surface area contributed by atoms with Gasteiger partial charge >= 0.3 is 0 Å². The average Bonchev–Trinajstić information content (AvgIpc) is 2.19. The van der Waals surface area contributed by atoms with Crippen LogP contribution < -0.4 is 5.32 Å². The van der Waals surface area contributed by atoms with Crippen LogP contribution in [-0.4, -0.2) is 19.2 Å². The number of carbonyl (C=O) groups excluding carboxylic acids is 2. The third-order valence-corrected chi connectivity index (χ3v) is 2.22. The highest BCUT2D eigenvalue weighted by molar-refractivity contribution is 5.78. The summed E-state index contributed by atoms with van der Waals surface area (Å²) in [6, 6.07) is 0. The Bertz CT molecular complexity index is 151. The molecule has 0 bridgehead atoms. The number of aldehydes is 1. The second-order valence-corrected chi connectivity index (χ2v) is 3.18. The van der Waals surface area contributed by atoms with E-state index in [1.807, 2.05) is 0 Å². The minimum absolute atomic E-state index is 0.236. The Kier molecular flexibility index (Phi) is 7.26. The first kappa shape index (κ1) is 12.1. The van der Waals surface area contributed by atoms with Crippen molar-refractivity contribution in [2.75, 3.05) is 7.05 Å². The lowest BCUT2D eigenvalue weighted by Gasteiger charge is -2.19. The van der Waals surface area contributed by atoms with Crippen LogP contribution in [0.2, 0.25) is 0 Å². The minimum Gasteiger partial charge on any atom is -0.359 e. The molecule has 1 aliphatic rings. The molecular weight excluding hydrogens is 166 g/mol. The van der Waals surface area contributed by atoms with Gasteiger partial charge in [-0.15, -0.1) is 0 Å². The number of carbonyl (C=O) groups is 2. The number of rotatable bonds is 1. The van der Waals surface area contributed by atoms with E-state index in [4.69, 9.17) is 4.79 Å². The maximum atomic E-state index is 11.1. The zero-order chi connectivity index (χ0) is 10.1. The van der Waals surface area contributed by atoms with Gasteiger partial charge in [-0.05, 0) is 19.8 Å². The molecule has 0 aromatic carbocycles. The predicted molar refractivity (Wildman–Crippen MR) is 52.4 cm³/mol. The first-order chi connectivity index (χ1) is 6.26. The van der Waals surface area contributed by atoms with Crippen LogP contribution in [0.15, 0.2) is 0 Å². The molecule has 0 atom stereocenters. The Labute approximate surface area is 79.9 Å². The Morgan fingerprint density at radius 3 is 2.15 bits per heavy atom. The smallest absolute Gasteiger partial charge is 0.222 e. The molecule has 0 unspecified atom stereocenters. The summed E-state index contributed by atoms with van der Waals surface area (Å²) >= 11 is 0. The van der Waals surface area contributed by atoms with Crippen LogP contribution in [0, 0.1) is 5.92 Å². The topological polar surface area (TPSA) is 46.2 Å². The summed E-state index contributed by atoms with van der Waals surface area (Å²) in [4.78, 5) is 19.9. The van der Waals surface area contributed by atoms with Crippen molar-refractivity contribution in [3.05, 3.63) is 0 Å². The van der Waals surface area contributed by atoms with Crippen LogP contribution in [0.3, 0.4) is 0 Å². The van der Waals surface area contributed by atoms with Gasteiger partial charge in [-0.3, -0.25) is 4.79 Å². The van der Waals surface area contributed by atoms with Crippen LogP contribution in [0.4, 0.5) is 0 Å². The predicted octanol–water partition coefficient (Wildman–Crippen LogP) is 1.52. The third kappa shape index (κ3) is 5.39. The Hall–Kier alpha value is -0.860. The van der Waals surface area contributed by atoms with E-state index in [9.17, 15) is 4.79 Å². The van der Waals surface area contributed by atoms with E-state index in [1.165, 1.54) is 26.2 Å². The second-order valence-electron chi connectivity index (χ2n) is 3.18. The molecule has 1 rings (SSSR count). The zero-order valence-electron chi connectivity index (χ0n) is 8.51. The van der Waals surface area contributed by atoms with Gasteiger partial charge in [-0.1, -0.05) is 19.3 Å². The van der Waals surface area contributed by atoms with Crippen molar-refractivity contribution < 1.29 is 9.59 Å². The van der Waals surface area contributed by atoms with Crippen molar-refractivity contribution >= 4 is 12.2 Å². The molecule has 1 fully saturated rings. The maximum absolute atomic E-state index is 11.1. The first-order valence-corrected chi connectivity index (χ1v) is 4.87. The second kappa shape index (κ2) is 7.77. The molecule has 0 aliphatic heterocycles. The van der Waals surface area contributed by atoms with Crippen molar-refractivity contribution in [3.63, 3.8) is 0 Å². The number of nitrogens with one attached hydrogen (secondary N) is 1. The Morgan fingerprint density at radius 2 is 1.77 bits per heavy atom. The van der Waals surface area contributed by atoms with Gasteiger partial charge in [0.25, 0.3) is 0 Å². The molecule has 0 saturated heterocycles. The highest BCUT2D eigenvalue weighted by Crippen LogP contribution is 2.23. The number of hydrogen-bond donors (Lipinski definition) is 1. The van der Waals surface area contributed by atoms with Crippen LogP contribution in [-0.2, 0) is 9.59 Å². The fraction of sp³-hybridized carbons (Fsp3) is 0.800. The molecule has 0 heterocycles. The Morgan fingerprint density at radius 1 is 1.31 bits per heavy atom. The molecule has 1 saturated carbocycles. The molecule has 1 amide bonds. The van der Waals surface area contributed by atoms with Gasteiger partial charge in [0.1, 0.15) is 6.29 Å². The Balaban J connectivity index is 0.000000424. The van der Waals surface area contributed by atoms with Crippen LogP contribution in [0.25, 0.3) is 0 Å². The van der Waals surface area contributed by atoms with Crippen molar-refractivity contribution in [1.82, 2.24) is 5.32 Å². The third-order valence-electron chi connectivity index (χ3n) is 2.22. The van der Waals surface area contributed by atoms with Gasteiger partial charge in [-0.25, -0.2) is 0 Å². The zero-order valence-corrected chi connectivity index (χ0v) is 8.51. The summed E-state index contributed by atoms with van der Waals surface area (Å²) in [5.74, 6) is 0.554. The average molecular weight is 185 g/mol. The van der Waals surface area contributed by atoms with Gasteiger partial charge in [0.2, 0.25) is 5.91 Å². The van der Waals surface area contributed by atoms with E-state index in [-0.39, 0.29) is 5.91 Å². The van der Waals surface area contributed by atoms with E-state index in [0.29, 0.717) is 5.92 Å². The maximum Gasteiger partial charge on any atom is 0.222 e. The van der Waals surface area contributed by atoms with Crippen molar-refractivity contribution in [3.8, 4) is 0 Å². The van der Waals surface area contributed by atoms with Gasteiger partial charge in [-0.2, -0.15) is 0 Å². The molecule has 0 radical (unpaired) electrons. The number of hydrogen-bond acceptors (Lipinski definition) is 2. The van der Waals surface area contributed by atoms with Crippen LogP contribution in [0.5, 0.6) is 0 Å². The van der Waals surface area contributed by atoms with Crippen LogP contribution in [0.1, 0.15) is 39.0 Å². The summed E-state index contributed by atoms with van der Waals surface area (Å²) in [5, 5.41) is 2.70.